The van der Waals surface area contributed by atoms with Gasteiger partial charge in [0, 0.05) is 11.3 Å². The average Bonchev–Trinajstić information content (AvgIpc) is 2.46. The number of benzene rings is 2. The molecule has 0 bridgehead atoms. The lowest BCUT2D eigenvalue weighted by atomic mass is 9.99. The van der Waals surface area contributed by atoms with Crippen molar-refractivity contribution < 1.29 is 9.47 Å². The zero-order chi connectivity index (χ0) is 13.8. The third-order valence-corrected chi connectivity index (χ3v) is 3.24. The molecule has 0 saturated carbocycles. The van der Waals surface area contributed by atoms with Crippen LogP contribution in [0.5, 0.6) is 11.5 Å². The first-order chi connectivity index (χ1) is 9.21. The highest BCUT2D eigenvalue weighted by Gasteiger charge is 2.12. The van der Waals surface area contributed by atoms with Gasteiger partial charge in [0.2, 0.25) is 0 Å². The smallest absolute Gasteiger partial charge is 0.168 e. The van der Waals surface area contributed by atoms with Gasteiger partial charge in [-0.3, -0.25) is 0 Å². The summed E-state index contributed by atoms with van der Waals surface area (Å²) in [6.45, 7) is 2.10. The quantitative estimate of drug-likeness (QED) is 0.852. The molecule has 0 saturated heterocycles. The van der Waals surface area contributed by atoms with E-state index >= 15 is 0 Å². The summed E-state index contributed by atoms with van der Waals surface area (Å²) in [6, 6.07) is 11.9. The van der Waals surface area contributed by atoms with E-state index in [4.69, 9.17) is 15.2 Å². The first-order valence-corrected chi connectivity index (χ1v) is 6.31. The standard InChI is InChI=1S/C16H19NO2/c1-4-11-10-12(8-9-14(11)17)13-6-5-7-15(18-2)16(13)19-3/h5-10H,4,17H2,1-3H3. The van der Waals surface area contributed by atoms with Crippen molar-refractivity contribution in [2.24, 2.45) is 0 Å². The fraction of sp³-hybridized carbons (Fsp3) is 0.250. The molecular formula is C16H19NO2. The van der Waals surface area contributed by atoms with Crippen LogP contribution < -0.4 is 15.2 Å². The molecule has 2 rings (SSSR count). The maximum absolute atomic E-state index is 5.95. The Morgan fingerprint density at radius 2 is 1.84 bits per heavy atom. The fourth-order valence-corrected chi connectivity index (χ4v) is 2.19. The Morgan fingerprint density at radius 3 is 2.47 bits per heavy atom. The summed E-state index contributed by atoms with van der Waals surface area (Å²) < 4.78 is 10.8. The summed E-state index contributed by atoms with van der Waals surface area (Å²) in [4.78, 5) is 0. The Kier molecular flexibility index (Phi) is 3.95. The predicted molar refractivity (Wildman–Crippen MR) is 78.8 cm³/mol. The van der Waals surface area contributed by atoms with Crippen LogP contribution in [-0.2, 0) is 6.42 Å². The number of methoxy groups -OCH3 is 2. The highest BCUT2D eigenvalue weighted by Crippen LogP contribution is 2.38. The number of para-hydroxylation sites is 1. The van der Waals surface area contributed by atoms with Gasteiger partial charge in [-0.05, 0) is 35.7 Å². The van der Waals surface area contributed by atoms with Crippen molar-refractivity contribution in [2.45, 2.75) is 13.3 Å². The van der Waals surface area contributed by atoms with E-state index in [0.29, 0.717) is 0 Å². The van der Waals surface area contributed by atoms with E-state index in [9.17, 15) is 0 Å². The minimum Gasteiger partial charge on any atom is -0.493 e. The van der Waals surface area contributed by atoms with Gasteiger partial charge < -0.3 is 15.2 Å². The van der Waals surface area contributed by atoms with Gasteiger partial charge in [-0.1, -0.05) is 25.1 Å². The van der Waals surface area contributed by atoms with Crippen LogP contribution in [0.15, 0.2) is 36.4 Å². The van der Waals surface area contributed by atoms with Gasteiger partial charge in [0.05, 0.1) is 14.2 Å². The number of anilines is 1. The number of hydrogen-bond acceptors (Lipinski definition) is 3. The third-order valence-electron chi connectivity index (χ3n) is 3.24. The lowest BCUT2D eigenvalue weighted by molar-refractivity contribution is 0.356. The van der Waals surface area contributed by atoms with Gasteiger partial charge in [0.1, 0.15) is 0 Å². The van der Waals surface area contributed by atoms with Crippen molar-refractivity contribution >= 4 is 5.69 Å². The van der Waals surface area contributed by atoms with Crippen LogP contribution in [0.25, 0.3) is 11.1 Å². The van der Waals surface area contributed by atoms with Crippen LogP contribution >= 0.6 is 0 Å². The molecule has 0 heterocycles. The summed E-state index contributed by atoms with van der Waals surface area (Å²) >= 11 is 0. The van der Waals surface area contributed by atoms with Crippen LogP contribution in [0.4, 0.5) is 5.69 Å². The first-order valence-electron chi connectivity index (χ1n) is 6.31. The van der Waals surface area contributed by atoms with Gasteiger partial charge in [-0.15, -0.1) is 0 Å². The molecular weight excluding hydrogens is 238 g/mol. The Balaban J connectivity index is 2.58. The zero-order valence-corrected chi connectivity index (χ0v) is 11.6. The fourth-order valence-electron chi connectivity index (χ4n) is 2.19. The summed E-state index contributed by atoms with van der Waals surface area (Å²) in [6.07, 6.45) is 0.909. The van der Waals surface area contributed by atoms with E-state index in [1.165, 1.54) is 0 Å². The van der Waals surface area contributed by atoms with Crippen LogP contribution in [-0.4, -0.2) is 14.2 Å². The Hall–Kier alpha value is -2.16. The van der Waals surface area contributed by atoms with Crippen molar-refractivity contribution in [3.05, 3.63) is 42.0 Å². The molecule has 0 amide bonds. The maximum atomic E-state index is 5.95. The summed E-state index contributed by atoms with van der Waals surface area (Å²) in [5, 5.41) is 0. The summed E-state index contributed by atoms with van der Waals surface area (Å²) in [5.74, 6) is 1.48. The van der Waals surface area contributed by atoms with E-state index in [2.05, 4.69) is 13.0 Å². The molecule has 0 aliphatic rings. The molecule has 0 unspecified atom stereocenters. The van der Waals surface area contributed by atoms with Crippen LogP contribution in [0.1, 0.15) is 12.5 Å². The second-order valence-corrected chi connectivity index (χ2v) is 4.31. The molecule has 2 aromatic carbocycles. The summed E-state index contributed by atoms with van der Waals surface area (Å²) in [7, 11) is 3.29. The normalized spacial score (nSPS) is 10.3. The van der Waals surface area contributed by atoms with Crippen LogP contribution in [0.3, 0.4) is 0 Å². The molecule has 0 aliphatic carbocycles. The van der Waals surface area contributed by atoms with Gasteiger partial charge in [0.15, 0.2) is 11.5 Å². The lowest BCUT2D eigenvalue weighted by Gasteiger charge is -2.14. The number of nitrogen functional groups attached to an aromatic ring is 1. The van der Waals surface area contributed by atoms with Crippen LogP contribution in [0.2, 0.25) is 0 Å². The van der Waals surface area contributed by atoms with Gasteiger partial charge in [-0.25, -0.2) is 0 Å². The molecule has 0 aliphatic heterocycles. The molecule has 0 radical (unpaired) electrons. The van der Waals surface area contributed by atoms with Gasteiger partial charge in [0.25, 0.3) is 0 Å². The van der Waals surface area contributed by atoms with Crippen molar-refractivity contribution in [1.82, 2.24) is 0 Å². The van der Waals surface area contributed by atoms with Crippen molar-refractivity contribution in [1.29, 1.82) is 0 Å². The van der Waals surface area contributed by atoms with E-state index in [-0.39, 0.29) is 0 Å². The minimum absolute atomic E-state index is 0.731. The number of rotatable bonds is 4. The highest BCUT2D eigenvalue weighted by atomic mass is 16.5. The number of ether oxygens (including phenoxy) is 2. The SMILES string of the molecule is CCc1cc(-c2cccc(OC)c2OC)ccc1N. The van der Waals surface area contributed by atoms with Gasteiger partial charge >= 0.3 is 0 Å². The van der Waals surface area contributed by atoms with Crippen molar-refractivity contribution in [3.63, 3.8) is 0 Å². The molecule has 19 heavy (non-hydrogen) atoms. The molecule has 0 fully saturated rings. The predicted octanol–water partition coefficient (Wildman–Crippen LogP) is 3.52. The molecule has 100 valence electrons. The second-order valence-electron chi connectivity index (χ2n) is 4.31. The zero-order valence-electron chi connectivity index (χ0n) is 11.6. The number of aryl methyl sites for hydroxylation is 1. The Morgan fingerprint density at radius 1 is 1.05 bits per heavy atom. The monoisotopic (exact) mass is 257 g/mol. The molecule has 0 spiro atoms. The Bertz CT molecular complexity index is 579. The summed E-state index contributed by atoms with van der Waals surface area (Å²) in [5.41, 5.74) is 10.0. The topological polar surface area (TPSA) is 44.5 Å². The molecule has 2 N–H and O–H groups in total. The van der Waals surface area contributed by atoms with E-state index in [1.54, 1.807) is 14.2 Å². The van der Waals surface area contributed by atoms with E-state index in [0.717, 1.165) is 40.3 Å². The minimum atomic E-state index is 0.731. The second kappa shape index (κ2) is 5.65. The van der Waals surface area contributed by atoms with Gasteiger partial charge in [-0.2, -0.15) is 0 Å². The van der Waals surface area contributed by atoms with Crippen molar-refractivity contribution in [2.75, 3.05) is 20.0 Å². The van der Waals surface area contributed by atoms with E-state index in [1.807, 2.05) is 30.3 Å². The molecule has 0 atom stereocenters. The third kappa shape index (κ3) is 2.50. The molecule has 2 aromatic rings. The highest BCUT2D eigenvalue weighted by molar-refractivity contribution is 5.75. The Labute approximate surface area is 114 Å². The maximum Gasteiger partial charge on any atom is 0.168 e. The molecule has 0 aromatic heterocycles. The molecule has 3 nitrogen and oxygen atoms in total. The van der Waals surface area contributed by atoms with E-state index < -0.39 is 0 Å². The van der Waals surface area contributed by atoms with Crippen LogP contribution in [0, 0.1) is 0 Å². The van der Waals surface area contributed by atoms with Crippen molar-refractivity contribution in [3.8, 4) is 22.6 Å². The average molecular weight is 257 g/mol. The molecule has 3 heteroatoms. The first kappa shape index (κ1) is 13.3. The largest absolute Gasteiger partial charge is 0.493 e. The number of hydrogen-bond donors (Lipinski definition) is 1. The number of nitrogens with two attached hydrogens (primary N) is 1. The lowest BCUT2D eigenvalue weighted by Crippen LogP contribution is -1.96.